The number of hydrogen-bond donors (Lipinski definition) is 1. The van der Waals surface area contributed by atoms with Gasteiger partial charge in [0.2, 0.25) is 0 Å². The van der Waals surface area contributed by atoms with Gasteiger partial charge in [-0.05, 0) is 86.9 Å². The number of ether oxygens (including phenoxy) is 1. The summed E-state index contributed by atoms with van der Waals surface area (Å²) in [6.07, 6.45) is 1.48. The SMILES string of the molecule is Cc1ccc(Cl)cc1NC(=O)/C(C#N)=C/c1cc(Br)c(OCC#N)c(I)c1. The number of carbonyl (C=O) groups excluding carboxylic acids is 1. The molecule has 0 unspecified atom stereocenters. The molecular formula is C19H12BrClIN3O2. The molecule has 0 spiro atoms. The van der Waals surface area contributed by atoms with Gasteiger partial charge in [0.25, 0.3) is 5.91 Å². The van der Waals surface area contributed by atoms with E-state index >= 15 is 0 Å². The molecule has 2 aromatic carbocycles. The van der Waals surface area contributed by atoms with Crippen molar-refractivity contribution in [1.29, 1.82) is 10.5 Å². The molecule has 2 aromatic rings. The highest BCUT2D eigenvalue weighted by molar-refractivity contribution is 14.1. The first-order chi connectivity index (χ1) is 12.8. The molecule has 0 aliphatic heterocycles. The van der Waals surface area contributed by atoms with Gasteiger partial charge in [-0.15, -0.1) is 0 Å². The number of aryl methyl sites for hydroxylation is 1. The van der Waals surface area contributed by atoms with Crippen LogP contribution in [-0.4, -0.2) is 12.5 Å². The normalized spacial score (nSPS) is 10.7. The van der Waals surface area contributed by atoms with E-state index in [1.807, 2.05) is 19.1 Å². The summed E-state index contributed by atoms with van der Waals surface area (Å²) in [5, 5.41) is 21.2. The third-order valence-corrected chi connectivity index (χ3v) is 5.05. The molecule has 8 heteroatoms. The van der Waals surface area contributed by atoms with Crippen LogP contribution in [0.2, 0.25) is 5.02 Å². The van der Waals surface area contributed by atoms with Gasteiger partial charge in [0, 0.05) is 10.7 Å². The monoisotopic (exact) mass is 555 g/mol. The molecule has 1 N–H and O–H groups in total. The van der Waals surface area contributed by atoms with E-state index in [2.05, 4.69) is 43.8 Å². The lowest BCUT2D eigenvalue weighted by Gasteiger charge is -2.10. The van der Waals surface area contributed by atoms with Gasteiger partial charge in [-0.25, -0.2) is 0 Å². The number of anilines is 1. The highest BCUT2D eigenvalue weighted by atomic mass is 127. The molecule has 0 aliphatic rings. The predicted molar refractivity (Wildman–Crippen MR) is 116 cm³/mol. The first-order valence-corrected chi connectivity index (χ1v) is 9.78. The standard InChI is InChI=1S/C19H12BrClIN3O2/c1-11-2-3-14(21)9-17(11)25-19(26)13(10-24)6-12-7-15(20)18(16(22)8-12)27-5-4-23/h2-3,6-9H,5H2,1H3,(H,25,26)/b13-6+. The fourth-order valence-corrected chi connectivity index (χ4v) is 4.08. The first kappa shape index (κ1) is 21.2. The van der Waals surface area contributed by atoms with Crippen LogP contribution in [0.4, 0.5) is 5.69 Å². The maximum Gasteiger partial charge on any atom is 0.266 e. The molecule has 0 saturated carbocycles. The number of nitrogens with one attached hydrogen (secondary N) is 1. The summed E-state index contributed by atoms with van der Waals surface area (Å²) in [5.41, 5.74) is 1.97. The van der Waals surface area contributed by atoms with Crippen LogP contribution < -0.4 is 10.1 Å². The Balaban J connectivity index is 2.30. The number of benzene rings is 2. The molecule has 5 nitrogen and oxygen atoms in total. The van der Waals surface area contributed by atoms with Crippen LogP contribution in [0.15, 0.2) is 40.4 Å². The van der Waals surface area contributed by atoms with Gasteiger partial charge in [0.1, 0.15) is 23.5 Å². The Morgan fingerprint density at radius 1 is 1.37 bits per heavy atom. The maximum absolute atomic E-state index is 12.5. The number of hydrogen-bond acceptors (Lipinski definition) is 4. The van der Waals surface area contributed by atoms with E-state index in [1.165, 1.54) is 6.08 Å². The third-order valence-electron chi connectivity index (χ3n) is 3.43. The van der Waals surface area contributed by atoms with Crippen molar-refractivity contribution < 1.29 is 9.53 Å². The molecule has 136 valence electrons. The Bertz CT molecular complexity index is 986. The zero-order valence-electron chi connectivity index (χ0n) is 14.0. The highest BCUT2D eigenvalue weighted by Crippen LogP contribution is 2.32. The Hall–Kier alpha value is -2.07. The lowest BCUT2D eigenvalue weighted by molar-refractivity contribution is -0.112. The number of amides is 1. The summed E-state index contributed by atoms with van der Waals surface area (Å²) < 4.78 is 6.73. The number of nitrogens with zero attached hydrogens (tertiary/aromatic N) is 2. The van der Waals surface area contributed by atoms with Crippen LogP contribution in [0.3, 0.4) is 0 Å². The molecule has 0 radical (unpaired) electrons. The van der Waals surface area contributed by atoms with Crippen molar-refractivity contribution in [3.05, 3.63) is 60.1 Å². The van der Waals surface area contributed by atoms with Gasteiger partial charge in [0.05, 0.1) is 8.04 Å². The lowest BCUT2D eigenvalue weighted by Crippen LogP contribution is -2.14. The Morgan fingerprint density at radius 3 is 2.74 bits per heavy atom. The minimum atomic E-state index is -0.529. The van der Waals surface area contributed by atoms with Crippen molar-refractivity contribution in [2.45, 2.75) is 6.92 Å². The number of carbonyl (C=O) groups is 1. The van der Waals surface area contributed by atoms with E-state index in [0.717, 1.165) is 9.13 Å². The molecule has 27 heavy (non-hydrogen) atoms. The number of nitriles is 2. The molecule has 0 bridgehead atoms. The summed E-state index contributed by atoms with van der Waals surface area (Å²) in [5.74, 6) is 0.00520. The molecule has 0 fully saturated rings. The topological polar surface area (TPSA) is 85.9 Å². The molecule has 1 amide bonds. The average molecular weight is 557 g/mol. The summed E-state index contributed by atoms with van der Waals surface area (Å²) in [6.45, 7) is 1.76. The van der Waals surface area contributed by atoms with E-state index in [0.29, 0.717) is 26.5 Å². The summed E-state index contributed by atoms with van der Waals surface area (Å²) >= 11 is 11.4. The van der Waals surface area contributed by atoms with E-state index in [-0.39, 0.29) is 12.2 Å². The van der Waals surface area contributed by atoms with Crippen LogP contribution in [0, 0.1) is 33.2 Å². The van der Waals surface area contributed by atoms with Crippen molar-refractivity contribution >= 4 is 67.8 Å². The van der Waals surface area contributed by atoms with Gasteiger partial charge in [-0.1, -0.05) is 17.7 Å². The van der Waals surface area contributed by atoms with Gasteiger partial charge >= 0.3 is 0 Å². The zero-order chi connectivity index (χ0) is 20.0. The van der Waals surface area contributed by atoms with Crippen LogP contribution in [0.5, 0.6) is 5.75 Å². The van der Waals surface area contributed by atoms with E-state index in [1.54, 1.807) is 30.3 Å². The quantitative estimate of drug-likeness (QED) is 0.301. The molecule has 0 atom stereocenters. The van der Waals surface area contributed by atoms with E-state index in [9.17, 15) is 10.1 Å². The van der Waals surface area contributed by atoms with Crippen LogP contribution >= 0.6 is 50.1 Å². The number of rotatable bonds is 5. The zero-order valence-corrected chi connectivity index (χ0v) is 18.5. The number of halogens is 3. The molecular weight excluding hydrogens is 544 g/mol. The average Bonchev–Trinajstić information content (AvgIpc) is 2.62. The summed E-state index contributed by atoms with van der Waals surface area (Å²) in [7, 11) is 0. The molecule has 0 heterocycles. The second-order valence-electron chi connectivity index (χ2n) is 5.34. The van der Waals surface area contributed by atoms with Gasteiger partial charge < -0.3 is 10.1 Å². The van der Waals surface area contributed by atoms with Crippen molar-refractivity contribution in [1.82, 2.24) is 0 Å². The second kappa shape index (κ2) is 9.75. The summed E-state index contributed by atoms with van der Waals surface area (Å²) in [4.78, 5) is 12.5. The lowest BCUT2D eigenvalue weighted by atomic mass is 10.1. The van der Waals surface area contributed by atoms with Crippen LogP contribution in [-0.2, 0) is 4.79 Å². The molecule has 2 rings (SSSR count). The van der Waals surface area contributed by atoms with E-state index < -0.39 is 5.91 Å². The molecule has 0 saturated heterocycles. The molecule has 0 aliphatic carbocycles. The first-order valence-electron chi connectivity index (χ1n) is 7.53. The van der Waals surface area contributed by atoms with Crippen molar-refractivity contribution in [3.8, 4) is 17.9 Å². The van der Waals surface area contributed by atoms with Gasteiger partial charge in [-0.2, -0.15) is 10.5 Å². The van der Waals surface area contributed by atoms with Crippen molar-refractivity contribution in [3.63, 3.8) is 0 Å². The minimum absolute atomic E-state index is 0.0530. The summed E-state index contributed by atoms with van der Waals surface area (Å²) in [6, 6.07) is 12.4. The largest absolute Gasteiger partial charge is 0.476 e. The van der Waals surface area contributed by atoms with Crippen LogP contribution in [0.25, 0.3) is 6.08 Å². The smallest absolute Gasteiger partial charge is 0.266 e. The highest BCUT2D eigenvalue weighted by Gasteiger charge is 2.13. The Labute approximate surface area is 183 Å². The fraction of sp³-hybridized carbons (Fsp3) is 0.105. The van der Waals surface area contributed by atoms with E-state index in [4.69, 9.17) is 21.6 Å². The maximum atomic E-state index is 12.5. The predicted octanol–water partition coefficient (Wildman–Crippen LogP) is 5.46. The Kier molecular flexibility index (Phi) is 7.66. The minimum Gasteiger partial charge on any atom is -0.476 e. The third kappa shape index (κ3) is 5.70. The van der Waals surface area contributed by atoms with Gasteiger partial charge in [0.15, 0.2) is 6.61 Å². The van der Waals surface area contributed by atoms with Crippen LogP contribution in [0.1, 0.15) is 11.1 Å². The van der Waals surface area contributed by atoms with Crippen molar-refractivity contribution in [2.24, 2.45) is 0 Å². The fourth-order valence-electron chi connectivity index (χ4n) is 2.14. The second-order valence-corrected chi connectivity index (χ2v) is 7.80. The van der Waals surface area contributed by atoms with Gasteiger partial charge in [-0.3, -0.25) is 4.79 Å². The Morgan fingerprint density at radius 2 is 2.11 bits per heavy atom. The molecule has 0 aromatic heterocycles. The van der Waals surface area contributed by atoms with Crippen molar-refractivity contribution in [2.75, 3.05) is 11.9 Å².